The van der Waals surface area contributed by atoms with Crippen molar-refractivity contribution in [1.29, 1.82) is 0 Å². The molecule has 3 rings (SSSR count). The van der Waals surface area contributed by atoms with Crippen LogP contribution in [0.5, 0.6) is 0 Å². The molecule has 0 saturated heterocycles. The van der Waals surface area contributed by atoms with Crippen LogP contribution in [-0.4, -0.2) is 27.8 Å². The second-order valence-electron chi connectivity index (χ2n) is 6.29. The van der Waals surface area contributed by atoms with E-state index in [0.717, 1.165) is 25.2 Å². The Morgan fingerprint density at radius 2 is 1.71 bits per heavy atom. The van der Waals surface area contributed by atoms with Crippen molar-refractivity contribution in [1.82, 2.24) is 14.7 Å². The van der Waals surface area contributed by atoms with Gasteiger partial charge in [-0.05, 0) is 38.6 Å². The van der Waals surface area contributed by atoms with Crippen molar-refractivity contribution in [3.05, 3.63) is 54.1 Å². The molecule has 1 unspecified atom stereocenters. The standard InChI is InChI=1S/C21H27N3/c1-5-20(23(6-2)7-3)24-19-14-13-16(4)15-18(19)21(22-24)17-11-9-8-10-12-17/h8-15,20H,5-7H2,1-4H3. The van der Waals surface area contributed by atoms with Gasteiger partial charge in [-0.3, -0.25) is 4.90 Å². The molecule has 1 heterocycles. The van der Waals surface area contributed by atoms with Crippen LogP contribution in [0.1, 0.15) is 38.9 Å². The van der Waals surface area contributed by atoms with E-state index in [4.69, 9.17) is 5.10 Å². The molecule has 0 N–H and O–H groups in total. The summed E-state index contributed by atoms with van der Waals surface area (Å²) in [5.41, 5.74) is 4.76. The van der Waals surface area contributed by atoms with Gasteiger partial charge in [0.15, 0.2) is 0 Å². The molecule has 24 heavy (non-hydrogen) atoms. The lowest BCUT2D eigenvalue weighted by molar-refractivity contribution is 0.142. The molecular formula is C21H27N3. The fraction of sp³-hybridized carbons (Fsp3) is 0.381. The van der Waals surface area contributed by atoms with Gasteiger partial charge in [-0.25, -0.2) is 4.68 Å². The topological polar surface area (TPSA) is 21.1 Å². The molecule has 0 bridgehead atoms. The summed E-state index contributed by atoms with van der Waals surface area (Å²) in [5.74, 6) is 0. The molecule has 3 aromatic rings. The van der Waals surface area contributed by atoms with E-state index in [0.29, 0.717) is 6.17 Å². The van der Waals surface area contributed by atoms with Gasteiger partial charge < -0.3 is 0 Å². The van der Waals surface area contributed by atoms with Gasteiger partial charge in [0, 0.05) is 10.9 Å². The Bertz CT molecular complexity index is 801. The Kier molecular flexibility index (Phi) is 5.00. The van der Waals surface area contributed by atoms with E-state index in [1.807, 2.05) is 0 Å². The third-order valence-corrected chi connectivity index (χ3v) is 4.79. The minimum Gasteiger partial charge on any atom is -0.282 e. The number of fused-ring (bicyclic) bond motifs is 1. The van der Waals surface area contributed by atoms with E-state index < -0.39 is 0 Å². The van der Waals surface area contributed by atoms with Crippen molar-refractivity contribution in [2.45, 2.75) is 40.3 Å². The molecule has 0 aliphatic carbocycles. The fourth-order valence-electron chi connectivity index (χ4n) is 3.52. The number of aryl methyl sites for hydroxylation is 1. The molecule has 3 heteroatoms. The lowest BCUT2D eigenvalue weighted by Crippen LogP contribution is -2.32. The number of rotatable bonds is 6. The summed E-state index contributed by atoms with van der Waals surface area (Å²) in [6, 6.07) is 17.2. The molecule has 126 valence electrons. The maximum Gasteiger partial charge on any atom is 0.104 e. The van der Waals surface area contributed by atoms with Crippen LogP contribution < -0.4 is 0 Å². The highest BCUT2D eigenvalue weighted by Crippen LogP contribution is 2.32. The van der Waals surface area contributed by atoms with Gasteiger partial charge >= 0.3 is 0 Å². The van der Waals surface area contributed by atoms with E-state index in [9.17, 15) is 0 Å². The monoisotopic (exact) mass is 321 g/mol. The van der Waals surface area contributed by atoms with E-state index in [-0.39, 0.29) is 0 Å². The smallest absolute Gasteiger partial charge is 0.104 e. The Morgan fingerprint density at radius 1 is 1.00 bits per heavy atom. The first-order valence-corrected chi connectivity index (χ1v) is 8.97. The Morgan fingerprint density at radius 3 is 2.33 bits per heavy atom. The summed E-state index contributed by atoms with van der Waals surface area (Å²) in [7, 11) is 0. The number of aromatic nitrogens is 2. The maximum absolute atomic E-state index is 5.06. The van der Waals surface area contributed by atoms with Crippen LogP contribution in [0.3, 0.4) is 0 Å². The van der Waals surface area contributed by atoms with Crippen molar-refractivity contribution < 1.29 is 0 Å². The highest BCUT2D eigenvalue weighted by atomic mass is 15.4. The van der Waals surface area contributed by atoms with Crippen molar-refractivity contribution in [3.8, 4) is 11.3 Å². The second kappa shape index (κ2) is 7.18. The molecule has 1 atom stereocenters. The molecule has 1 aromatic heterocycles. The Labute approximate surface area is 144 Å². The first-order valence-electron chi connectivity index (χ1n) is 8.97. The van der Waals surface area contributed by atoms with E-state index in [1.54, 1.807) is 0 Å². The molecule has 3 nitrogen and oxygen atoms in total. The highest BCUT2D eigenvalue weighted by molar-refractivity contribution is 5.93. The Hall–Kier alpha value is -2.13. The zero-order valence-corrected chi connectivity index (χ0v) is 15.2. The predicted octanol–water partition coefficient (Wildman–Crippen LogP) is 5.26. The molecule has 0 aliphatic rings. The van der Waals surface area contributed by atoms with Crippen LogP contribution in [0.4, 0.5) is 0 Å². The zero-order valence-electron chi connectivity index (χ0n) is 15.2. The molecule has 0 saturated carbocycles. The highest BCUT2D eigenvalue weighted by Gasteiger charge is 2.21. The molecular weight excluding hydrogens is 294 g/mol. The van der Waals surface area contributed by atoms with Gasteiger partial charge in [-0.15, -0.1) is 0 Å². The maximum atomic E-state index is 5.06. The third-order valence-electron chi connectivity index (χ3n) is 4.79. The van der Waals surface area contributed by atoms with Gasteiger partial charge in [0.25, 0.3) is 0 Å². The number of nitrogens with zero attached hydrogens (tertiary/aromatic N) is 3. The first kappa shape index (κ1) is 16.7. The van der Waals surface area contributed by atoms with Crippen LogP contribution in [0.15, 0.2) is 48.5 Å². The van der Waals surface area contributed by atoms with Crippen molar-refractivity contribution in [2.24, 2.45) is 0 Å². The van der Waals surface area contributed by atoms with Crippen LogP contribution in [0.2, 0.25) is 0 Å². The van der Waals surface area contributed by atoms with Gasteiger partial charge in [-0.2, -0.15) is 5.10 Å². The summed E-state index contributed by atoms with van der Waals surface area (Å²) >= 11 is 0. The third kappa shape index (κ3) is 2.96. The summed E-state index contributed by atoms with van der Waals surface area (Å²) in [6.45, 7) is 10.9. The molecule has 2 aromatic carbocycles. The van der Waals surface area contributed by atoms with Crippen LogP contribution in [0, 0.1) is 6.92 Å². The lowest BCUT2D eigenvalue weighted by atomic mass is 10.1. The molecule has 0 fully saturated rings. The van der Waals surface area contributed by atoms with Crippen LogP contribution in [-0.2, 0) is 0 Å². The fourth-order valence-corrected chi connectivity index (χ4v) is 3.52. The Balaban J connectivity index is 2.22. The zero-order chi connectivity index (χ0) is 17.1. The van der Waals surface area contributed by atoms with Gasteiger partial charge in [0.1, 0.15) is 11.9 Å². The average molecular weight is 321 g/mol. The molecule has 0 radical (unpaired) electrons. The predicted molar refractivity (Wildman–Crippen MR) is 102 cm³/mol. The lowest BCUT2D eigenvalue weighted by Gasteiger charge is -2.29. The minimum atomic E-state index is 0.294. The van der Waals surface area contributed by atoms with Crippen LogP contribution >= 0.6 is 0 Å². The SMILES string of the molecule is CCC(N(CC)CC)n1nc(-c2ccccc2)c2cc(C)ccc21. The quantitative estimate of drug-likeness (QED) is 0.617. The number of hydrogen-bond donors (Lipinski definition) is 0. The molecule has 0 aliphatic heterocycles. The normalized spacial score (nSPS) is 12.9. The second-order valence-corrected chi connectivity index (χ2v) is 6.29. The average Bonchev–Trinajstić information content (AvgIpc) is 2.98. The number of hydrogen-bond acceptors (Lipinski definition) is 2. The van der Waals surface area contributed by atoms with Crippen molar-refractivity contribution >= 4 is 10.9 Å². The molecule has 0 amide bonds. The summed E-state index contributed by atoms with van der Waals surface area (Å²) in [6.07, 6.45) is 1.34. The minimum absolute atomic E-state index is 0.294. The largest absolute Gasteiger partial charge is 0.282 e. The van der Waals surface area contributed by atoms with E-state index in [2.05, 4.69) is 85.8 Å². The summed E-state index contributed by atoms with van der Waals surface area (Å²) < 4.78 is 2.23. The number of benzene rings is 2. The van der Waals surface area contributed by atoms with E-state index in [1.165, 1.54) is 22.0 Å². The van der Waals surface area contributed by atoms with Gasteiger partial charge in [-0.1, -0.05) is 62.7 Å². The van der Waals surface area contributed by atoms with Crippen LogP contribution in [0.25, 0.3) is 22.2 Å². The molecule has 0 spiro atoms. The van der Waals surface area contributed by atoms with Gasteiger partial charge in [0.05, 0.1) is 5.52 Å². The first-order chi connectivity index (χ1) is 11.7. The van der Waals surface area contributed by atoms with E-state index >= 15 is 0 Å². The van der Waals surface area contributed by atoms with Gasteiger partial charge in [0.2, 0.25) is 0 Å². The van der Waals surface area contributed by atoms with Crippen molar-refractivity contribution in [2.75, 3.05) is 13.1 Å². The van der Waals surface area contributed by atoms with Crippen molar-refractivity contribution in [3.63, 3.8) is 0 Å². The summed E-state index contributed by atoms with van der Waals surface area (Å²) in [4.78, 5) is 2.47. The summed E-state index contributed by atoms with van der Waals surface area (Å²) in [5, 5.41) is 6.31.